The summed E-state index contributed by atoms with van der Waals surface area (Å²) in [6, 6.07) is 15.3. The van der Waals surface area contributed by atoms with Crippen LogP contribution < -0.4 is 0 Å². The number of rotatable bonds is 4. The van der Waals surface area contributed by atoms with Crippen molar-refractivity contribution in [1.29, 1.82) is 0 Å². The number of hydrogen-bond acceptors (Lipinski definition) is 1. The smallest absolute Gasteiger partial charge is 0.229 e. The molecule has 0 heterocycles. The third-order valence-corrected chi connectivity index (χ3v) is 3.85. The van der Waals surface area contributed by atoms with Crippen LogP contribution in [0.2, 0.25) is 5.02 Å². The molecule has 0 aromatic heterocycles. The molecule has 0 radical (unpaired) electrons. The average Bonchev–Trinajstić information content (AvgIpc) is 2.38. The second-order valence-corrected chi connectivity index (χ2v) is 5.29. The van der Waals surface area contributed by atoms with E-state index in [1.807, 2.05) is 55.5 Å². The van der Waals surface area contributed by atoms with Crippen molar-refractivity contribution in [3.63, 3.8) is 0 Å². The fraction of sp³-hybridized carbons (Fsp3) is 0.188. The number of benzene rings is 2. The first-order chi connectivity index (χ1) is 9.09. The molecule has 1 nitrogen and oxygen atoms in total. The third kappa shape index (κ3) is 3.37. The van der Waals surface area contributed by atoms with Crippen LogP contribution in [0.1, 0.15) is 22.6 Å². The highest BCUT2D eigenvalue weighted by Gasteiger charge is 2.21. The SMILES string of the molecule is Cc1ccccc1C(Cc1ccccc1Cl)C(=O)Cl. The second kappa shape index (κ2) is 6.23. The van der Waals surface area contributed by atoms with E-state index in [0.29, 0.717) is 11.4 Å². The Morgan fingerprint density at radius 1 is 1.11 bits per heavy atom. The van der Waals surface area contributed by atoms with E-state index in [1.54, 1.807) is 0 Å². The standard InChI is InChI=1S/C16H14Cl2O/c1-11-6-2-4-8-13(11)14(16(18)19)10-12-7-3-5-9-15(12)17/h2-9,14H,10H2,1H3. The number of halogens is 2. The predicted octanol–water partition coefficient (Wildman–Crippen LogP) is 4.74. The van der Waals surface area contributed by atoms with Gasteiger partial charge in [-0.1, -0.05) is 54.1 Å². The van der Waals surface area contributed by atoms with E-state index in [4.69, 9.17) is 23.2 Å². The van der Waals surface area contributed by atoms with E-state index < -0.39 is 0 Å². The lowest BCUT2D eigenvalue weighted by molar-refractivity contribution is -0.113. The van der Waals surface area contributed by atoms with E-state index in [-0.39, 0.29) is 11.2 Å². The van der Waals surface area contributed by atoms with Crippen LogP contribution in [0.25, 0.3) is 0 Å². The van der Waals surface area contributed by atoms with Crippen molar-refractivity contribution in [2.45, 2.75) is 19.3 Å². The van der Waals surface area contributed by atoms with Crippen LogP contribution in [0.4, 0.5) is 0 Å². The molecule has 98 valence electrons. The molecule has 1 unspecified atom stereocenters. The molecule has 2 aromatic rings. The van der Waals surface area contributed by atoms with Gasteiger partial charge < -0.3 is 0 Å². The fourth-order valence-electron chi connectivity index (χ4n) is 2.17. The molecule has 0 N–H and O–H groups in total. The molecule has 0 bridgehead atoms. The molecule has 0 aliphatic carbocycles. The molecule has 1 atom stereocenters. The molecule has 19 heavy (non-hydrogen) atoms. The highest BCUT2D eigenvalue weighted by Crippen LogP contribution is 2.28. The molecule has 0 aliphatic heterocycles. The largest absolute Gasteiger partial charge is 0.281 e. The Balaban J connectivity index is 2.35. The summed E-state index contributed by atoms with van der Waals surface area (Å²) < 4.78 is 0. The quantitative estimate of drug-likeness (QED) is 0.744. The lowest BCUT2D eigenvalue weighted by atomic mass is 9.90. The number of aryl methyl sites for hydroxylation is 1. The Morgan fingerprint density at radius 2 is 1.74 bits per heavy atom. The van der Waals surface area contributed by atoms with Gasteiger partial charge in [0.2, 0.25) is 5.24 Å². The van der Waals surface area contributed by atoms with Gasteiger partial charge >= 0.3 is 0 Å². The van der Waals surface area contributed by atoms with Gasteiger partial charge in [-0.25, -0.2) is 0 Å². The van der Waals surface area contributed by atoms with Crippen LogP contribution in [0.15, 0.2) is 48.5 Å². The van der Waals surface area contributed by atoms with Gasteiger partial charge in [-0.3, -0.25) is 4.79 Å². The molecular weight excluding hydrogens is 279 g/mol. The summed E-state index contributed by atoms with van der Waals surface area (Å²) in [7, 11) is 0. The molecule has 0 aliphatic rings. The van der Waals surface area contributed by atoms with Crippen LogP contribution in [0, 0.1) is 6.92 Å². The maximum Gasteiger partial charge on any atom is 0.229 e. The van der Waals surface area contributed by atoms with Crippen molar-refractivity contribution in [2.24, 2.45) is 0 Å². The summed E-state index contributed by atoms with van der Waals surface area (Å²) in [5, 5.41) is 0.313. The summed E-state index contributed by atoms with van der Waals surface area (Å²) in [5.74, 6) is -0.359. The van der Waals surface area contributed by atoms with Crippen LogP contribution in [0.3, 0.4) is 0 Å². The zero-order valence-corrected chi connectivity index (χ0v) is 12.1. The van der Waals surface area contributed by atoms with Gasteiger partial charge in [0, 0.05) is 5.02 Å². The van der Waals surface area contributed by atoms with Gasteiger partial charge in [0.25, 0.3) is 0 Å². The molecule has 0 amide bonds. The number of hydrogen-bond donors (Lipinski definition) is 0. The Hall–Kier alpha value is -1.31. The normalized spacial score (nSPS) is 12.2. The maximum atomic E-state index is 11.7. The van der Waals surface area contributed by atoms with Crippen molar-refractivity contribution in [2.75, 3.05) is 0 Å². The molecule has 0 saturated heterocycles. The summed E-state index contributed by atoms with van der Waals surface area (Å²) in [6.07, 6.45) is 0.521. The highest BCUT2D eigenvalue weighted by molar-refractivity contribution is 6.64. The summed E-state index contributed by atoms with van der Waals surface area (Å²) in [5.41, 5.74) is 2.96. The van der Waals surface area contributed by atoms with E-state index >= 15 is 0 Å². The van der Waals surface area contributed by atoms with Crippen LogP contribution in [-0.4, -0.2) is 5.24 Å². The van der Waals surface area contributed by atoms with Crippen LogP contribution in [-0.2, 0) is 11.2 Å². The van der Waals surface area contributed by atoms with Gasteiger partial charge in [-0.15, -0.1) is 0 Å². The number of carbonyl (C=O) groups is 1. The molecule has 3 heteroatoms. The maximum absolute atomic E-state index is 11.7. The monoisotopic (exact) mass is 292 g/mol. The molecule has 2 rings (SSSR count). The highest BCUT2D eigenvalue weighted by atomic mass is 35.5. The summed E-state index contributed by atoms with van der Waals surface area (Å²) in [6.45, 7) is 1.98. The van der Waals surface area contributed by atoms with Crippen molar-refractivity contribution in [3.05, 3.63) is 70.2 Å². The van der Waals surface area contributed by atoms with Crippen LogP contribution in [0.5, 0.6) is 0 Å². The third-order valence-electron chi connectivity index (χ3n) is 3.22. The lowest BCUT2D eigenvalue weighted by Crippen LogP contribution is -2.12. The minimum Gasteiger partial charge on any atom is -0.281 e. The Bertz CT molecular complexity index is 593. The van der Waals surface area contributed by atoms with Crippen molar-refractivity contribution >= 4 is 28.4 Å². The Labute approximate surface area is 123 Å². The molecule has 0 spiro atoms. The topological polar surface area (TPSA) is 17.1 Å². The number of carbonyl (C=O) groups excluding carboxylic acids is 1. The fourth-order valence-corrected chi connectivity index (χ4v) is 2.58. The van der Waals surface area contributed by atoms with E-state index in [1.165, 1.54) is 0 Å². The van der Waals surface area contributed by atoms with Gasteiger partial charge in [-0.2, -0.15) is 0 Å². The van der Waals surface area contributed by atoms with Crippen molar-refractivity contribution in [1.82, 2.24) is 0 Å². The van der Waals surface area contributed by atoms with E-state index in [2.05, 4.69) is 0 Å². The van der Waals surface area contributed by atoms with Crippen molar-refractivity contribution in [3.8, 4) is 0 Å². The lowest BCUT2D eigenvalue weighted by Gasteiger charge is -2.16. The minimum atomic E-state index is -0.359. The van der Waals surface area contributed by atoms with E-state index in [9.17, 15) is 4.79 Å². The van der Waals surface area contributed by atoms with E-state index in [0.717, 1.165) is 16.7 Å². The summed E-state index contributed by atoms with van der Waals surface area (Å²) in [4.78, 5) is 11.7. The predicted molar refractivity (Wildman–Crippen MR) is 79.9 cm³/mol. The van der Waals surface area contributed by atoms with Crippen LogP contribution >= 0.6 is 23.2 Å². The first-order valence-electron chi connectivity index (χ1n) is 6.08. The molecule has 0 saturated carbocycles. The first-order valence-corrected chi connectivity index (χ1v) is 6.83. The van der Waals surface area contributed by atoms with Gasteiger partial charge in [0.1, 0.15) is 0 Å². The Morgan fingerprint density at radius 3 is 2.37 bits per heavy atom. The van der Waals surface area contributed by atoms with Gasteiger partial charge in [-0.05, 0) is 47.7 Å². The molecule has 2 aromatic carbocycles. The van der Waals surface area contributed by atoms with Gasteiger partial charge in [0.05, 0.1) is 5.92 Å². The molecule has 0 fully saturated rings. The van der Waals surface area contributed by atoms with Gasteiger partial charge in [0.15, 0.2) is 0 Å². The molecular formula is C16H14Cl2O. The van der Waals surface area contributed by atoms with Crippen molar-refractivity contribution < 1.29 is 4.79 Å². The Kier molecular flexibility index (Phi) is 4.62. The zero-order chi connectivity index (χ0) is 13.8. The average molecular weight is 293 g/mol. The zero-order valence-electron chi connectivity index (χ0n) is 10.6. The second-order valence-electron chi connectivity index (χ2n) is 4.51. The minimum absolute atomic E-state index is 0.353. The summed E-state index contributed by atoms with van der Waals surface area (Å²) >= 11 is 11.9. The first kappa shape index (κ1) is 14.1.